The zero-order chi connectivity index (χ0) is 13.9. The molecular weight excluding hydrogens is 272 g/mol. The van der Waals surface area contributed by atoms with E-state index in [1.54, 1.807) is 7.11 Å². The van der Waals surface area contributed by atoms with E-state index in [1.165, 1.54) is 11.1 Å². The smallest absolute Gasteiger partial charge is 0.165 e. The standard InChI is InChI=1S/C17H17ClO2/c1-19-16-8-4-6-13(10-18)17(16)20-11-14-9-12-5-2-3-7-15(12)14/h2-8,14H,9-11H2,1H3. The van der Waals surface area contributed by atoms with Gasteiger partial charge >= 0.3 is 0 Å². The van der Waals surface area contributed by atoms with Gasteiger partial charge in [0.25, 0.3) is 0 Å². The number of hydrogen-bond acceptors (Lipinski definition) is 2. The minimum absolute atomic E-state index is 0.424. The van der Waals surface area contributed by atoms with Crippen LogP contribution in [0.1, 0.15) is 22.6 Å². The lowest BCUT2D eigenvalue weighted by Crippen LogP contribution is -2.23. The summed E-state index contributed by atoms with van der Waals surface area (Å²) in [4.78, 5) is 0. The average Bonchev–Trinajstić information content (AvgIpc) is 2.48. The van der Waals surface area contributed by atoms with Crippen molar-refractivity contribution in [1.82, 2.24) is 0 Å². The molecule has 0 heterocycles. The molecule has 0 saturated heterocycles. The third-order valence-corrected chi connectivity index (χ3v) is 4.10. The summed E-state index contributed by atoms with van der Waals surface area (Å²) in [6.07, 6.45) is 1.08. The van der Waals surface area contributed by atoms with Crippen LogP contribution in [-0.4, -0.2) is 13.7 Å². The van der Waals surface area contributed by atoms with Crippen molar-refractivity contribution >= 4 is 11.6 Å². The van der Waals surface area contributed by atoms with Gasteiger partial charge in [0.15, 0.2) is 11.5 Å². The molecule has 0 amide bonds. The highest BCUT2D eigenvalue weighted by atomic mass is 35.5. The van der Waals surface area contributed by atoms with Gasteiger partial charge in [-0.2, -0.15) is 0 Å². The van der Waals surface area contributed by atoms with E-state index in [9.17, 15) is 0 Å². The van der Waals surface area contributed by atoms with Crippen LogP contribution >= 0.6 is 11.6 Å². The zero-order valence-electron chi connectivity index (χ0n) is 11.4. The second kappa shape index (κ2) is 5.76. The van der Waals surface area contributed by atoms with Gasteiger partial charge in [-0.15, -0.1) is 11.6 Å². The second-order valence-electron chi connectivity index (χ2n) is 4.99. The Morgan fingerprint density at radius 1 is 1.15 bits per heavy atom. The minimum atomic E-state index is 0.424. The first-order valence-corrected chi connectivity index (χ1v) is 7.29. The molecule has 20 heavy (non-hydrogen) atoms. The predicted molar refractivity (Wildman–Crippen MR) is 80.9 cm³/mol. The average molecular weight is 289 g/mol. The quantitative estimate of drug-likeness (QED) is 0.770. The van der Waals surface area contributed by atoms with E-state index >= 15 is 0 Å². The van der Waals surface area contributed by atoms with Crippen molar-refractivity contribution in [3.05, 3.63) is 59.2 Å². The first-order valence-electron chi connectivity index (χ1n) is 6.76. The molecule has 0 aliphatic heterocycles. The number of fused-ring (bicyclic) bond motifs is 1. The molecule has 0 radical (unpaired) electrons. The van der Waals surface area contributed by atoms with Crippen LogP contribution in [0.5, 0.6) is 11.5 Å². The molecular formula is C17H17ClO2. The van der Waals surface area contributed by atoms with E-state index < -0.39 is 0 Å². The molecule has 0 aromatic heterocycles. The van der Waals surface area contributed by atoms with Crippen LogP contribution in [0.25, 0.3) is 0 Å². The number of methoxy groups -OCH3 is 1. The molecule has 1 aliphatic rings. The minimum Gasteiger partial charge on any atom is -0.493 e. The maximum atomic E-state index is 6.00. The Bertz CT molecular complexity index is 587. The fourth-order valence-electron chi connectivity index (χ4n) is 2.69. The van der Waals surface area contributed by atoms with Crippen LogP contribution in [0.15, 0.2) is 42.5 Å². The summed E-state index contributed by atoms with van der Waals surface area (Å²) in [5, 5.41) is 0. The lowest BCUT2D eigenvalue weighted by Gasteiger charge is -2.30. The normalized spacial score (nSPS) is 16.2. The van der Waals surface area contributed by atoms with Gasteiger partial charge in [0, 0.05) is 11.5 Å². The predicted octanol–water partition coefficient (Wildman–Crippen LogP) is 4.15. The fourth-order valence-corrected chi connectivity index (χ4v) is 2.90. The largest absolute Gasteiger partial charge is 0.493 e. The van der Waals surface area contributed by atoms with E-state index in [-0.39, 0.29) is 0 Å². The Morgan fingerprint density at radius 2 is 2.00 bits per heavy atom. The number of rotatable bonds is 5. The number of para-hydroxylation sites is 1. The van der Waals surface area contributed by atoms with Crippen LogP contribution < -0.4 is 9.47 Å². The number of hydrogen-bond donors (Lipinski definition) is 0. The Kier molecular flexibility index (Phi) is 3.83. The number of alkyl halides is 1. The van der Waals surface area contributed by atoms with Crippen molar-refractivity contribution in [3.63, 3.8) is 0 Å². The number of benzene rings is 2. The SMILES string of the molecule is COc1cccc(CCl)c1OCC1Cc2ccccc21. The lowest BCUT2D eigenvalue weighted by molar-refractivity contribution is 0.259. The van der Waals surface area contributed by atoms with Gasteiger partial charge in [-0.3, -0.25) is 0 Å². The molecule has 0 fully saturated rings. The number of ether oxygens (including phenoxy) is 2. The van der Waals surface area contributed by atoms with Gasteiger partial charge in [-0.05, 0) is 23.6 Å². The number of halogens is 1. The highest BCUT2D eigenvalue weighted by Gasteiger charge is 2.26. The molecule has 0 saturated carbocycles. The first-order chi connectivity index (χ1) is 9.83. The molecule has 3 rings (SSSR count). The summed E-state index contributed by atoms with van der Waals surface area (Å²) in [5.74, 6) is 2.41. The topological polar surface area (TPSA) is 18.5 Å². The van der Waals surface area contributed by atoms with Crippen molar-refractivity contribution in [2.24, 2.45) is 0 Å². The van der Waals surface area contributed by atoms with Crippen LogP contribution in [0.3, 0.4) is 0 Å². The van der Waals surface area contributed by atoms with Gasteiger partial charge in [0.05, 0.1) is 19.6 Å². The Labute approximate surface area is 124 Å². The maximum Gasteiger partial charge on any atom is 0.165 e. The van der Waals surface area contributed by atoms with Crippen LogP contribution in [0.2, 0.25) is 0 Å². The van der Waals surface area contributed by atoms with Crippen molar-refractivity contribution in [2.75, 3.05) is 13.7 Å². The fraction of sp³-hybridized carbons (Fsp3) is 0.294. The Morgan fingerprint density at radius 3 is 2.75 bits per heavy atom. The van der Waals surface area contributed by atoms with E-state index in [0.717, 1.165) is 23.5 Å². The van der Waals surface area contributed by atoms with Crippen LogP contribution in [0, 0.1) is 0 Å². The molecule has 3 heteroatoms. The lowest BCUT2D eigenvalue weighted by atomic mass is 9.78. The summed E-state index contributed by atoms with van der Waals surface area (Å²) in [5.41, 5.74) is 3.80. The van der Waals surface area contributed by atoms with Gasteiger partial charge in [0.2, 0.25) is 0 Å². The second-order valence-corrected chi connectivity index (χ2v) is 5.26. The van der Waals surface area contributed by atoms with Gasteiger partial charge in [-0.1, -0.05) is 36.4 Å². The van der Waals surface area contributed by atoms with Crippen molar-refractivity contribution < 1.29 is 9.47 Å². The Balaban J connectivity index is 1.74. The van der Waals surface area contributed by atoms with Gasteiger partial charge in [0.1, 0.15) is 0 Å². The molecule has 2 aromatic rings. The van der Waals surface area contributed by atoms with Crippen LogP contribution in [0.4, 0.5) is 0 Å². The van der Waals surface area contributed by atoms with Crippen molar-refractivity contribution in [3.8, 4) is 11.5 Å². The Hall–Kier alpha value is -1.67. The zero-order valence-corrected chi connectivity index (χ0v) is 12.2. The molecule has 2 aromatic carbocycles. The molecule has 0 spiro atoms. The molecule has 2 nitrogen and oxygen atoms in total. The van der Waals surface area contributed by atoms with Crippen molar-refractivity contribution in [1.29, 1.82) is 0 Å². The van der Waals surface area contributed by atoms with E-state index in [0.29, 0.717) is 18.4 Å². The highest BCUT2D eigenvalue weighted by Crippen LogP contribution is 2.37. The monoisotopic (exact) mass is 288 g/mol. The third-order valence-electron chi connectivity index (χ3n) is 3.81. The van der Waals surface area contributed by atoms with E-state index in [4.69, 9.17) is 21.1 Å². The first kappa shape index (κ1) is 13.3. The van der Waals surface area contributed by atoms with E-state index in [1.807, 2.05) is 18.2 Å². The summed E-state index contributed by atoms with van der Waals surface area (Å²) in [6, 6.07) is 14.3. The van der Waals surface area contributed by atoms with Gasteiger partial charge < -0.3 is 9.47 Å². The van der Waals surface area contributed by atoms with Gasteiger partial charge in [-0.25, -0.2) is 0 Å². The molecule has 1 atom stereocenters. The van der Waals surface area contributed by atoms with Crippen LogP contribution in [-0.2, 0) is 12.3 Å². The molecule has 0 bridgehead atoms. The molecule has 104 valence electrons. The summed E-state index contributed by atoms with van der Waals surface area (Å²) in [6.45, 7) is 0.668. The molecule has 1 unspecified atom stereocenters. The van der Waals surface area contributed by atoms with E-state index in [2.05, 4.69) is 24.3 Å². The summed E-state index contributed by atoms with van der Waals surface area (Å²) >= 11 is 5.97. The third kappa shape index (κ3) is 2.36. The summed E-state index contributed by atoms with van der Waals surface area (Å²) < 4.78 is 11.4. The van der Waals surface area contributed by atoms with Crippen molar-refractivity contribution in [2.45, 2.75) is 18.2 Å². The summed E-state index contributed by atoms with van der Waals surface area (Å²) in [7, 11) is 1.65. The highest BCUT2D eigenvalue weighted by molar-refractivity contribution is 6.17. The molecule has 1 aliphatic carbocycles. The molecule has 0 N–H and O–H groups in total. The maximum absolute atomic E-state index is 6.00.